The highest BCUT2D eigenvalue weighted by atomic mass is 35.5. The van der Waals surface area contributed by atoms with Gasteiger partial charge in [0.2, 0.25) is 0 Å². The molecular formula is C29H35ClN2O7. The summed E-state index contributed by atoms with van der Waals surface area (Å²) in [5.74, 6) is -1.92. The van der Waals surface area contributed by atoms with Gasteiger partial charge in [0.15, 0.2) is 0 Å². The van der Waals surface area contributed by atoms with Crippen LogP contribution in [0.25, 0.3) is 0 Å². The smallest absolute Gasteiger partial charge is 0.330 e. The van der Waals surface area contributed by atoms with E-state index in [0.717, 1.165) is 49.5 Å². The van der Waals surface area contributed by atoms with Gasteiger partial charge in [-0.15, -0.1) is 0 Å². The lowest BCUT2D eigenvalue weighted by Gasteiger charge is -2.27. The van der Waals surface area contributed by atoms with E-state index in [2.05, 4.69) is 34.5 Å². The van der Waals surface area contributed by atoms with Crippen molar-refractivity contribution in [3.05, 3.63) is 76.9 Å². The highest BCUT2D eigenvalue weighted by Crippen LogP contribution is 2.39. The largest absolute Gasteiger partial charge is 0.497 e. The molecule has 2 aromatic rings. The number of carbonyl (C=O) groups excluding carboxylic acids is 1. The maximum Gasteiger partial charge on any atom is 0.330 e. The van der Waals surface area contributed by atoms with Gasteiger partial charge in [-0.05, 0) is 80.6 Å². The number of methoxy groups -OCH3 is 1. The topological polar surface area (TPSA) is 125 Å². The second-order valence-corrected chi connectivity index (χ2v) is 8.93. The minimum Gasteiger partial charge on any atom is -0.497 e. The number of carbonyl (C=O) groups is 3. The van der Waals surface area contributed by atoms with E-state index in [-0.39, 0.29) is 5.97 Å². The number of rotatable bonds is 12. The molecule has 0 saturated heterocycles. The number of anilines is 2. The van der Waals surface area contributed by atoms with Crippen LogP contribution in [0.3, 0.4) is 0 Å². The quantitative estimate of drug-likeness (QED) is 0.191. The molecule has 0 saturated carbocycles. The van der Waals surface area contributed by atoms with E-state index in [4.69, 9.17) is 31.3 Å². The molecule has 0 spiro atoms. The van der Waals surface area contributed by atoms with Gasteiger partial charge in [-0.25, -0.2) is 14.4 Å². The second-order valence-electron chi connectivity index (χ2n) is 8.49. The fourth-order valence-electron chi connectivity index (χ4n) is 3.99. The summed E-state index contributed by atoms with van der Waals surface area (Å²) >= 11 is 6.35. The number of ether oxygens (including phenoxy) is 2. The van der Waals surface area contributed by atoms with E-state index in [1.54, 1.807) is 20.1 Å². The molecule has 39 heavy (non-hydrogen) atoms. The van der Waals surface area contributed by atoms with Crippen LogP contribution in [0.4, 0.5) is 11.4 Å². The first-order valence-electron chi connectivity index (χ1n) is 12.7. The molecule has 1 heterocycles. The molecule has 210 valence electrons. The van der Waals surface area contributed by atoms with E-state index in [0.29, 0.717) is 25.3 Å². The van der Waals surface area contributed by atoms with Gasteiger partial charge in [0.25, 0.3) is 0 Å². The zero-order chi connectivity index (χ0) is 28.6. The molecule has 0 aliphatic carbocycles. The number of aryl methyl sites for hydroxylation is 2. The summed E-state index contributed by atoms with van der Waals surface area (Å²) in [6, 6.07) is 12.5. The second kappa shape index (κ2) is 16.9. The van der Waals surface area contributed by atoms with Crippen LogP contribution in [0.2, 0.25) is 5.02 Å². The van der Waals surface area contributed by atoms with E-state index >= 15 is 0 Å². The number of halogens is 1. The predicted octanol–water partition coefficient (Wildman–Crippen LogP) is 4.79. The summed E-state index contributed by atoms with van der Waals surface area (Å²) in [5, 5.41) is 19.7. The fraction of sp³-hybridized carbons (Fsp3) is 0.345. The Bertz CT molecular complexity index is 1160. The lowest BCUT2D eigenvalue weighted by atomic mass is 10.0. The Morgan fingerprint density at radius 1 is 0.974 bits per heavy atom. The molecule has 0 radical (unpaired) electrons. The standard InChI is InChI=1S/C25H31ClN2O3.C4H4O4/c1-3-31-25(29)7-6-15-27-14-4-5-16-28-23-13-12-22(30-2)17-20(23)9-8-19-10-11-21(26)18-24(19)28;5-3(6)1-2-4(7)8/h6-7,10-13,17-18,27H,3-5,8-9,14-16H2,1-2H3;1-2H,(H,5,6)(H,7,8)/b7-6+;2-1-. The lowest BCUT2D eigenvalue weighted by Crippen LogP contribution is -2.22. The van der Waals surface area contributed by atoms with Crippen molar-refractivity contribution in [2.24, 2.45) is 0 Å². The van der Waals surface area contributed by atoms with Crippen LogP contribution in [0, 0.1) is 0 Å². The summed E-state index contributed by atoms with van der Waals surface area (Å²) in [4.78, 5) is 32.8. The number of hydrogen-bond acceptors (Lipinski definition) is 7. The zero-order valence-electron chi connectivity index (χ0n) is 22.2. The normalized spacial score (nSPS) is 12.2. The number of nitrogens with zero attached hydrogens (tertiary/aromatic N) is 1. The highest BCUT2D eigenvalue weighted by Gasteiger charge is 2.21. The van der Waals surface area contributed by atoms with Crippen molar-refractivity contribution in [1.82, 2.24) is 5.32 Å². The molecule has 0 aromatic heterocycles. The number of carboxylic acids is 2. The number of aliphatic carboxylic acids is 2. The summed E-state index contributed by atoms with van der Waals surface area (Å²) in [6.45, 7) is 4.66. The number of carboxylic acid groups (broad SMARTS) is 2. The third-order valence-electron chi connectivity index (χ3n) is 5.74. The monoisotopic (exact) mass is 558 g/mol. The van der Waals surface area contributed by atoms with Gasteiger partial charge >= 0.3 is 17.9 Å². The first-order valence-corrected chi connectivity index (χ1v) is 13.0. The summed E-state index contributed by atoms with van der Waals surface area (Å²) in [7, 11) is 1.71. The molecule has 0 fully saturated rings. The Hall–Kier alpha value is -3.82. The Morgan fingerprint density at radius 3 is 2.36 bits per heavy atom. The van der Waals surface area contributed by atoms with Crippen LogP contribution in [-0.2, 0) is 32.0 Å². The number of benzene rings is 2. The van der Waals surface area contributed by atoms with Crippen molar-refractivity contribution in [3.63, 3.8) is 0 Å². The van der Waals surface area contributed by atoms with E-state index in [9.17, 15) is 14.4 Å². The average molecular weight is 559 g/mol. The molecule has 0 bridgehead atoms. The predicted molar refractivity (Wildman–Crippen MR) is 151 cm³/mol. The highest BCUT2D eigenvalue weighted by molar-refractivity contribution is 6.30. The number of nitrogens with one attached hydrogen (secondary N) is 1. The molecule has 9 nitrogen and oxygen atoms in total. The number of unbranched alkanes of at least 4 members (excludes halogenated alkanes) is 1. The van der Waals surface area contributed by atoms with Crippen molar-refractivity contribution in [2.75, 3.05) is 38.3 Å². The van der Waals surface area contributed by atoms with Crippen LogP contribution < -0.4 is 15.0 Å². The van der Waals surface area contributed by atoms with Crippen LogP contribution in [0.15, 0.2) is 60.7 Å². The first kappa shape index (κ1) is 31.4. The lowest BCUT2D eigenvalue weighted by molar-refractivity contribution is -0.137. The Labute approximate surface area is 233 Å². The molecule has 3 rings (SSSR count). The maximum atomic E-state index is 11.3. The van der Waals surface area contributed by atoms with Gasteiger partial charge in [-0.1, -0.05) is 23.7 Å². The number of esters is 1. The summed E-state index contributed by atoms with van der Waals surface area (Å²) in [6.07, 6.45) is 8.42. The third kappa shape index (κ3) is 11.2. The van der Waals surface area contributed by atoms with Crippen LogP contribution in [-0.4, -0.2) is 61.5 Å². The van der Waals surface area contributed by atoms with Gasteiger partial charge < -0.3 is 29.9 Å². The van der Waals surface area contributed by atoms with Gasteiger partial charge in [0.05, 0.1) is 13.7 Å². The molecule has 1 aliphatic rings. The molecule has 0 unspecified atom stereocenters. The molecule has 3 N–H and O–H groups in total. The molecule has 10 heteroatoms. The van der Waals surface area contributed by atoms with Crippen molar-refractivity contribution >= 4 is 40.9 Å². The summed E-state index contributed by atoms with van der Waals surface area (Å²) < 4.78 is 10.3. The molecule has 2 aromatic carbocycles. The third-order valence-corrected chi connectivity index (χ3v) is 5.97. The SMILES string of the molecule is CCOC(=O)/C=C/CNCCCCN1c2ccc(OC)cc2CCc2ccc(Cl)cc21.O=C(O)/C=C\C(=O)O. The van der Waals surface area contributed by atoms with Crippen LogP contribution in [0.5, 0.6) is 5.75 Å². The van der Waals surface area contributed by atoms with E-state index in [1.165, 1.54) is 28.6 Å². The number of hydrogen-bond donors (Lipinski definition) is 3. The molecular weight excluding hydrogens is 524 g/mol. The van der Waals surface area contributed by atoms with Gasteiger partial charge in [0.1, 0.15) is 5.75 Å². The van der Waals surface area contributed by atoms with E-state index in [1.807, 2.05) is 12.1 Å². The van der Waals surface area contributed by atoms with Gasteiger partial charge in [-0.3, -0.25) is 0 Å². The average Bonchev–Trinajstić information content (AvgIpc) is 3.05. The Morgan fingerprint density at radius 2 is 1.69 bits per heavy atom. The van der Waals surface area contributed by atoms with E-state index < -0.39 is 11.9 Å². The van der Waals surface area contributed by atoms with Crippen LogP contribution in [0.1, 0.15) is 30.9 Å². The van der Waals surface area contributed by atoms with Gasteiger partial charge in [-0.2, -0.15) is 0 Å². The van der Waals surface area contributed by atoms with Crippen molar-refractivity contribution < 1.29 is 34.1 Å². The number of fused-ring (bicyclic) bond motifs is 2. The fourth-order valence-corrected chi connectivity index (χ4v) is 4.15. The van der Waals surface area contributed by atoms with Crippen molar-refractivity contribution in [1.29, 1.82) is 0 Å². The minimum absolute atomic E-state index is 0.293. The minimum atomic E-state index is -1.26. The van der Waals surface area contributed by atoms with Crippen molar-refractivity contribution in [3.8, 4) is 5.75 Å². The summed E-state index contributed by atoms with van der Waals surface area (Å²) in [5.41, 5.74) is 5.05. The van der Waals surface area contributed by atoms with Crippen molar-refractivity contribution in [2.45, 2.75) is 32.6 Å². The maximum absolute atomic E-state index is 11.3. The van der Waals surface area contributed by atoms with Gasteiger partial charge in [0, 0.05) is 47.7 Å². The molecule has 1 aliphatic heterocycles. The molecule has 0 amide bonds. The Balaban J connectivity index is 0.000000580. The zero-order valence-corrected chi connectivity index (χ0v) is 22.9. The molecule has 0 atom stereocenters. The Kier molecular flexibility index (Phi) is 13.6. The first-order chi connectivity index (χ1) is 18.7. The van der Waals surface area contributed by atoms with Crippen LogP contribution >= 0.6 is 11.6 Å².